The quantitative estimate of drug-likeness (QED) is 0.524. The first-order valence-corrected chi connectivity index (χ1v) is 9.76. The number of aromatic nitrogens is 2. The van der Waals surface area contributed by atoms with E-state index in [-0.39, 0.29) is 35.8 Å². The zero-order valence-electron chi connectivity index (χ0n) is 16.3. The summed E-state index contributed by atoms with van der Waals surface area (Å²) in [5, 5.41) is 32.6. The van der Waals surface area contributed by atoms with Gasteiger partial charge in [0.1, 0.15) is 11.8 Å². The summed E-state index contributed by atoms with van der Waals surface area (Å²) in [7, 11) is 0. The van der Waals surface area contributed by atoms with Crippen LogP contribution in [-0.4, -0.2) is 45.4 Å². The van der Waals surface area contributed by atoms with Crippen LogP contribution in [0.15, 0.2) is 28.7 Å². The SMILES string of the molecule is C[C@@H](Cc1ccc(O)cc1)c1nnc([C@H](CC(=O)O)NC(=O)C2CCNCC2)o1. The molecule has 9 nitrogen and oxygen atoms in total. The predicted octanol–water partition coefficient (Wildman–Crippen LogP) is 1.75. The molecule has 1 aliphatic rings. The number of carboxylic acid groups (broad SMARTS) is 1. The van der Waals surface area contributed by atoms with Crippen LogP contribution in [0.1, 0.15) is 55.5 Å². The number of aliphatic carboxylic acids is 1. The molecule has 2 aromatic rings. The van der Waals surface area contributed by atoms with E-state index in [0.717, 1.165) is 18.7 Å². The van der Waals surface area contributed by atoms with Crippen molar-refractivity contribution < 1.29 is 24.2 Å². The minimum Gasteiger partial charge on any atom is -0.508 e. The van der Waals surface area contributed by atoms with Crippen LogP contribution in [-0.2, 0) is 16.0 Å². The molecule has 0 bridgehead atoms. The van der Waals surface area contributed by atoms with Crippen molar-refractivity contribution in [1.29, 1.82) is 0 Å². The lowest BCUT2D eigenvalue weighted by molar-refractivity contribution is -0.138. The van der Waals surface area contributed by atoms with Gasteiger partial charge in [0.2, 0.25) is 17.7 Å². The van der Waals surface area contributed by atoms with Gasteiger partial charge in [-0.25, -0.2) is 0 Å². The topological polar surface area (TPSA) is 138 Å². The van der Waals surface area contributed by atoms with E-state index in [1.165, 1.54) is 0 Å². The molecule has 156 valence electrons. The van der Waals surface area contributed by atoms with Gasteiger partial charge in [-0.05, 0) is 50.0 Å². The van der Waals surface area contributed by atoms with Gasteiger partial charge < -0.3 is 25.3 Å². The van der Waals surface area contributed by atoms with Crippen LogP contribution in [0.2, 0.25) is 0 Å². The van der Waals surface area contributed by atoms with E-state index in [9.17, 15) is 19.8 Å². The molecule has 3 rings (SSSR count). The Kier molecular flexibility index (Phi) is 6.82. The highest BCUT2D eigenvalue weighted by Crippen LogP contribution is 2.24. The number of carbonyl (C=O) groups is 2. The number of benzene rings is 1. The number of amides is 1. The van der Waals surface area contributed by atoms with Gasteiger partial charge >= 0.3 is 5.97 Å². The number of hydrogen-bond acceptors (Lipinski definition) is 7. The molecule has 4 N–H and O–H groups in total. The van der Waals surface area contributed by atoms with Gasteiger partial charge in [0.25, 0.3) is 0 Å². The molecule has 9 heteroatoms. The van der Waals surface area contributed by atoms with Crippen molar-refractivity contribution in [3.63, 3.8) is 0 Å². The maximum absolute atomic E-state index is 12.5. The molecule has 1 aromatic carbocycles. The minimum absolute atomic E-state index is 0.0993. The Morgan fingerprint density at radius 3 is 2.52 bits per heavy atom. The molecule has 29 heavy (non-hydrogen) atoms. The zero-order chi connectivity index (χ0) is 20.8. The van der Waals surface area contributed by atoms with Crippen LogP contribution in [0.4, 0.5) is 0 Å². The van der Waals surface area contributed by atoms with Crippen molar-refractivity contribution in [2.75, 3.05) is 13.1 Å². The smallest absolute Gasteiger partial charge is 0.305 e. The highest BCUT2D eigenvalue weighted by atomic mass is 16.4. The minimum atomic E-state index is -1.06. The van der Waals surface area contributed by atoms with Gasteiger partial charge in [-0.1, -0.05) is 19.1 Å². The molecule has 1 aromatic heterocycles. The molecule has 2 heterocycles. The van der Waals surface area contributed by atoms with Crippen LogP contribution >= 0.6 is 0 Å². The second-order valence-corrected chi connectivity index (χ2v) is 7.43. The van der Waals surface area contributed by atoms with Crippen molar-refractivity contribution >= 4 is 11.9 Å². The Morgan fingerprint density at radius 1 is 1.21 bits per heavy atom. The molecule has 1 fully saturated rings. The summed E-state index contributed by atoms with van der Waals surface area (Å²) in [5.41, 5.74) is 0.997. The summed E-state index contributed by atoms with van der Waals surface area (Å²) in [5.74, 6) is -0.828. The lowest BCUT2D eigenvalue weighted by atomic mass is 9.96. The lowest BCUT2D eigenvalue weighted by Crippen LogP contribution is -2.40. The second-order valence-electron chi connectivity index (χ2n) is 7.43. The third-order valence-electron chi connectivity index (χ3n) is 5.06. The Labute approximate surface area is 168 Å². The number of phenols is 1. The fourth-order valence-corrected chi connectivity index (χ4v) is 3.41. The number of nitrogens with one attached hydrogen (secondary N) is 2. The van der Waals surface area contributed by atoms with Crippen LogP contribution < -0.4 is 10.6 Å². The molecular weight excluding hydrogens is 376 g/mol. The first-order valence-electron chi connectivity index (χ1n) is 9.76. The van der Waals surface area contributed by atoms with Crippen LogP contribution in [0.3, 0.4) is 0 Å². The Morgan fingerprint density at radius 2 is 1.86 bits per heavy atom. The molecule has 0 spiro atoms. The van der Waals surface area contributed by atoms with Gasteiger partial charge in [0.15, 0.2) is 0 Å². The number of carboxylic acids is 1. The summed E-state index contributed by atoms with van der Waals surface area (Å²) in [4.78, 5) is 23.8. The van der Waals surface area contributed by atoms with Crippen molar-refractivity contribution in [3.05, 3.63) is 41.6 Å². The highest BCUT2D eigenvalue weighted by Gasteiger charge is 2.29. The monoisotopic (exact) mass is 402 g/mol. The third-order valence-corrected chi connectivity index (χ3v) is 5.06. The molecular formula is C20H26N4O5. The second kappa shape index (κ2) is 9.51. The van der Waals surface area contributed by atoms with E-state index < -0.39 is 12.0 Å². The number of aromatic hydroxyl groups is 1. The maximum Gasteiger partial charge on any atom is 0.305 e. The molecule has 1 saturated heterocycles. The summed E-state index contributed by atoms with van der Waals surface area (Å²) < 4.78 is 5.73. The molecule has 0 radical (unpaired) electrons. The molecule has 0 aliphatic carbocycles. The van der Waals surface area contributed by atoms with Crippen molar-refractivity contribution in [2.24, 2.45) is 5.92 Å². The first kappa shape index (κ1) is 20.8. The number of rotatable bonds is 8. The third kappa shape index (κ3) is 5.77. The van der Waals surface area contributed by atoms with E-state index in [0.29, 0.717) is 25.2 Å². The normalized spacial score (nSPS) is 16.9. The summed E-state index contributed by atoms with van der Waals surface area (Å²) >= 11 is 0. The Hall–Kier alpha value is -2.94. The van der Waals surface area contributed by atoms with E-state index in [4.69, 9.17) is 4.42 Å². The molecule has 2 atom stereocenters. The van der Waals surface area contributed by atoms with Gasteiger partial charge in [-0.3, -0.25) is 9.59 Å². The number of piperidine rings is 1. The standard InChI is InChI=1S/C20H26N4O5/c1-12(10-13-2-4-15(25)5-3-13)19-23-24-20(29-19)16(11-17(26)27)22-18(28)14-6-8-21-9-7-14/h2-5,12,14,16,21,25H,6-11H2,1H3,(H,22,28)(H,26,27)/t12-,16-/m0/s1. The van der Waals surface area contributed by atoms with Crippen molar-refractivity contribution in [1.82, 2.24) is 20.8 Å². The van der Waals surface area contributed by atoms with Gasteiger partial charge in [0.05, 0.1) is 6.42 Å². The van der Waals surface area contributed by atoms with E-state index >= 15 is 0 Å². The van der Waals surface area contributed by atoms with E-state index in [1.807, 2.05) is 19.1 Å². The summed E-state index contributed by atoms with van der Waals surface area (Å²) in [6, 6.07) is 5.99. The molecule has 0 saturated carbocycles. The summed E-state index contributed by atoms with van der Waals surface area (Å²) in [6.45, 7) is 3.45. The van der Waals surface area contributed by atoms with Gasteiger partial charge in [-0.15, -0.1) is 10.2 Å². The van der Waals surface area contributed by atoms with Crippen LogP contribution in [0.25, 0.3) is 0 Å². The predicted molar refractivity (Wildman–Crippen MR) is 103 cm³/mol. The average Bonchev–Trinajstić information content (AvgIpc) is 3.20. The van der Waals surface area contributed by atoms with Crippen LogP contribution in [0, 0.1) is 5.92 Å². The lowest BCUT2D eigenvalue weighted by Gasteiger charge is -2.23. The summed E-state index contributed by atoms with van der Waals surface area (Å²) in [6.07, 6.45) is 1.71. The Bertz CT molecular complexity index is 830. The maximum atomic E-state index is 12.5. The molecule has 1 amide bonds. The van der Waals surface area contributed by atoms with Crippen LogP contribution in [0.5, 0.6) is 5.75 Å². The largest absolute Gasteiger partial charge is 0.508 e. The highest BCUT2D eigenvalue weighted by molar-refractivity contribution is 5.80. The number of carbonyl (C=O) groups excluding carboxylic acids is 1. The van der Waals surface area contributed by atoms with Gasteiger partial charge in [0, 0.05) is 11.8 Å². The number of phenolic OH excluding ortho intramolecular Hbond substituents is 1. The molecule has 1 aliphatic heterocycles. The molecule has 0 unspecified atom stereocenters. The van der Waals surface area contributed by atoms with Gasteiger partial charge in [-0.2, -0.15) is 0 Å². The number of nitrogens with zero attached hydrogens (tertiary/aromatic N) is 2. The first-order chi connectivity index (χ1) is 13.9. The van der Waals surface area contributed by atoms with E-state index in [1.54, 1.807) is 12.1 Å². The fourth-order valence-electron chi connectivity index (χ4n) is 3.41. The van der Waals surface area contributed by atoms with Crippen molar-refractivity contribution in [2.45, 2.75) is 44.6 Å². The Balaban J connectivity index is 1.68. The fraction of sp³-hybridized carbons (Fsp3) is 0.500. The zero-order valence-corrected chi connectivity index (χ0v) is 16.3. The number of hydrogen-bond donors (Lipinski definition) is 4. The average molecular weight is 402 g/mol. The van der Waals surface area contributed by atoms with Crippen molar-refractivity contribution in [3.8, 4) is 5.75 Å². The van der Waals surface area contributed by atoms with E-state index in [2.05, 4.69) is 20.8 Å².